The van der Waals surface area contributed by atoms with E-state index in [1.165, 1.54) is 20.3 Å². The Morgan fingerprint density at radius 1 is 1.12 bits per heavy atom. The van der Waals surface area contributed by atoms with Crippen LogP contribution in [0.1, 0.15) is 13.8 Å². The third-order valence-electron chi connectivity index (χ3n) is 3.58. The highest BCUT2D eigenvalue weighted by atomic mass is 16.5. The average molecular weight is 349 g/mol. The maximum absolute atomic E-state index is 12.2. The summed E-state index contributed by atoms with van der Waals surface area (Å²) in [6.07, 6.45) is 0. The zero-order valence-electron chi connectivity index (χ0n) is 14.4. The highest BCUT2D eigenvalue weighted by molar-refractivity contribution is 6.45. The number of hydrogen-bond acceptors (Lipinski definition) is 6. The summed E-state index contributed by atoms with van der Waals surface area (Å²) in [5.41, 5.74) is 0.318. The van der Waals surface area contributed by atoms with E-state index in [4.69, 9.17) is 9.47 Å². The SMILES string of the molecule is COc1ccc(OC)c(NC(=O)CN2C(=O)C(=O)N(C(C)C)C2=O)c1. The van der Waals surface area contributed by atoms with Crippen LogP contribution in [0.15, 0.2) is 18.2 Å². The largest absolute Gasteiger partial charge is 0.497 e. The Bertz CT molecular complexity index is 731. The van der Waals surface area contributed by atoms with Crippen molar-refractivity contribution >= 4 is 29.4 Å². The normalized spacial score (nSPS) is 14.4. The molecule has 9 heteroatoms. The maximum atomic E-state index is 12.2. The molecule has 1 N–H and O–H groups in total. The molecule has 0 spiro atoms. The van der Waals surface area contributed by atoms with Gasteiger partial charge in [0.25, 0.3) is 0 Å². The van der Waals surface area contributed by atoms with Crippen LogP contribution in [0.2, 0.25) is 0 Å². The predicted octanol–water partition coefficient (Wildman–Crippen LogP) is 0.841. The second kappa shape index (κ2) is 7.20. The van der Waals surface area contributed by atoms with Crippen molar-refractivity contribution in [2.24, 2.45) is 0 Å². The van der Waals surface area contributed by atoms with Crippen LogP contribution >= 0.6 is 0 Å². The lowest BCUT2D eigenvalue weighted by molar-refractivity contribution is -0.144. The number of ether oxygens (including phenoxy) is 2. The number of methoxy groups -OCH3 is 2. The van der Waals surface area contributed by atoms with Crippen LogP contribution in [0.4, 0.5) is 10.5 Å². The summed E-state index contributed by atoms with van der Waals surface area (Å²) in [5.74, 6) is -1.73. The monoisotopic (exact) mass is 349 g/mol. The number of imide groups is 2. The van der Waals surface area contributed by atoms with Gasteiger partial charge in [-0.1, -0.05) is 0 Å². The van der Waals surface area contributed by atoms with Gasteiger partial charge in [0.2, 0.25) is 5.91 Å². The summed E-state index contributed by atoms with van der Waals surface area (Å²) in [6, 6.07) is 3.51. The number of anilines is 1. The molecule has 0 aliphatic carbocycles. The van der Waals surface area contributed by atoms with Crippen LogP contribution in [0.5, 0.6) is 11.5 Å². The first kappa shape index (κ1) is 18.2. The average Bonchev–Trinajstić information content (AvgIpc) is 2.78. The molecular formula is C16H19N3O6. The van der Waals surface area contributed by atoms with E-state index in [0.29, 0.717) is 22.1 Å². The summed E-state index contributed by atoms with van der Waals surface area (Å²) < 4.78 is 10.2. The number of rotatable bonds is 6. The van der Waals surface area contributed by atoms with Gasteiger partial charge in [0.05, 0.1) is 19.9 Å². The second-order valence-corrected chi connectivity index (χ2v) is 5.56. The smallest absolute Gasteiger partial charge is 0.334 e. The zero-order valence-corrected chi connectivity index (χ0v) is 14.4. The molecule has 134 valence electrons. The highest BCUT2D eigenvalue weighted by Gasteiger charge is 2.46. The minimum absolute atomic E-state index is 0.318. The van der Waals surface area contributed by atoms with Crippen molar-refractivity contribution < 1.29 is 28.7 Å². The summed E-state index contributed by atoms with van der Waals surface area (Å²) in [6.45, 7) is 2.63. The molecule has 1 aromatic rings. The van der Waals surface area contributed by atoms with Crippen LogP contribution in [-0.2, 0) is 14.4 Å². The molecule has 0 radical (unpaired) electrons. The molecule has 5 amide bonds. The second-order valence-electron chi connectivity index (χ2n) is 5.56. The van der Waals surface area contributed by atoms with Crippen molar-refractivity contribution in [3.8, 4) is 11.5 Å². The highest BCUT2D eigenvalue weighted by Crippen LogP contribution is 2.29. The molecule has 0 atom stereocenters. The van der Waals surface area contributed by atoms with Gasteiger partial charge in [-0.2, -0.15) is 0 Å². The first-order chi connectivity index (χ1) is 11.8. The Kier molecular flexibility index (Phi) is 5.26. The van der Waals surface area contributed by atoms with Gasteiger partial charge in [0.1, 0.15) is 18.0 Å². The maximum Gasteiger partial charge on any atom is 0.334 e. The van der Waals surface area contributed by atoms with Gasteiger partial charge in [-0.15, -0.1) is 0 Å². The Hall–Kier alpha value is -3.10. The number of urea groups is 1. The minimum atomic E-state index is -1.02. The van der Waals surface area contributed by atoms with Crippen LogP contribution < -0.4 is 14.8 Å². The van der Waals surface area contributed by atoms with Gasteiger partial charge in [0, 0.05) is 12.1 Å². The van der Waals surface area contributed by atoms with Crippen molar-refractivity contribution in [1.82, 2.24) is 9.80 Å². The van der Waals surface area contributed by atoms with E-state index in [1.54, 1.807) is 26.0 Å². The molecule has 2 rings (SSSR count). The fourth-order valence-corrected chi connectivity index (χ4v) is 2.36. The number of carbonyl (C=O) groups is 4. The van der Waals surface area contributed by atoms with E-state index in [9.17, 15) is 19.2 Å². The molecule has 1 saturated heterocycles. The molecule has 9 nitrogen and oxygen atoms in total. The lowest BCUT2D eigenvalue weighted by Crippen LogP contribution is -2.40. The molecule has 0 unspecified atom stereocenters. The van der Waals surface area contributed by atoms with E-state index in [0.717, 1.165) is 4.90 Å². The molecule has 1 aromatic carbocycles. The first-order valence-electron chi connectivity index (χ1n) is 7.51. The molecule has 0 aromatic heterocycles. The molecule has 0 saturated carbocycles. The van der Waals surface area contributed by atoms with Crippen molar-refractivity contribution in [2.75, 3.05) is 26.1 Å². The zero-order chi connectivity index (χ0) is 18.7. The number of carbonyl (C=O) groups excluding carboxylic acids is 4. The third kappa shape index (κ3) is 3.54. The molecule has 1 aliphatic heterocycles. The van der Waals surface area contributed by atoms with Gasteiger partial charge in [0.15, 0.2) is 0 Å². The lowest BCUT2D eigenvalue weighted by Gasteiger charge is -2.18. The number of amides is 5. The molecule has 1 heterocycles. The summed E-state index contributed by atoms with van der Waals surface area (Å²) in [4.78, 5) is 49.6. The fraction of sp³-hybridized carbons (Fsp3) is 0.375. The molecular weight excluding hydrogens is 330 g/mol. The van der Waals surface area contributed by atoms with Crippen molar-refractivity contribution in [3.05, 3.63) is 18.2 Å². The number of hydrogen-bond donors (Lipinski definition) is 1. The minimum Gasteiger partial charge on any atom is -0.497 e. The molecule has 1 aliphatic rings. The topological polar surface area (TPSA) is 105 Å². The Labute approximate surface area is 144 Å². The van der Waals surface area contributed by atoms with Crippen LogP contribution in [0, 0.1) is 0 Å². The fourth-order valence-electron chi connectivity index (χ4n) is 2.36. The van der Waals surface area contributed by atoms with Crippen LogP contribution in [0.3, 0.4) is 0 Å². The van der Waals surface area contributed by atoms with Crippen molar-refractivity contribution in [3.63, 3.8) is 0 Å². The Morgan fingerprint density at radius 2 is 1.80 bits per heavy atom. The summed E-state index contributed by atoms with van der Waals surface area (Å²) in [7, 11) is 2.91. The van der Waals surface area contributed by atoms with Crippen molar-refractivity contribution in [2.45, 2.75) is 19.9 Å². The van der Waals surface area contributed by atoms with E-state index in [-0.39, 0.29) is 0 Å². The number of benzene rings is 1. The molecule has 1 fully saturated rings. The third-order valence-corrected chi connectivity index (χ3v) is 3.58. The van der Waals surface area contributed by atoms with E-state index in [1.807, 2.05) is 0 Å². The molecule has 25 heavy (non-hydrogen) atoms. The van der Waals surface area contributed by atoms with Crippen LogP contribution in [0.25, 0.3) is 0 Å². The standard InChI is InChI=1S/C16H19N3O6/c1-9(2)19-15(22)14(21)18(16(19)23)8-13(20)17-11-7-10(24-3)5-6-12(11)25-4/h5-7,9H,8H2,1-4H3,(H,17,20). The summed E-state index contributed by atoms with van der Waals surface area (Å²) in [5, 5.41) is 2.54. The van der Waals surface area contributed by atoms with Gasteiger partial charge in [-0.25, -0.2) is 9.69 Å². The van der Waals surface area contributed by atoms with E-state index >= 15 is 0 Å². The van der Waals surface area contributed by atoms with Gasteiger partial charge < -0.3 is 14.8 Å². The number of nitrogens with zero attached hydrogens (tertiary/aromatic N) is 2. The Balaban J connectivity index is 2.14. The number of nitrogens with one attached hydrogen (secondary N) is 1. The van der Waals surface area contributed by atoms with Crippen molar-refractivity contribution in [1.29, 1.82) is 0 Å². The van der Waals surface area contributed by atoms with E-state index < -0.39 is 36.3 Å². The van der Waals surface area contributed by atoms with Gasteiger partial charge >= 0.3 is 17.8 Å². The quantitative estimate of drug-likeness (QED) is 0.603. The first-order valence-corrected chi connectivity index (χ1v) is 7.51. The Morgan fingerprint density at radius 3 is 2.32 bits per heavy atom. The van der Waals surface area contributed by atoms with Gasteiger partial charge in [-0.3, -0.25) is 19.3 Å². The molecule has 0 bridgehead atoms. The van der Waals surface area contributed by atoms with Gasteiger partial charge in [-0.05, 0) is 26.0 Å². The predicted molar refractivity (Wildman–Crippen MR) is 87.3 cm³/mol. The van der Waals surface area contributed by atoms with Crippen LogP contribution in [-0.4, -0.2) is 60.4 Å². The lowest BCUT2D eigenvalue weighted by atomic mass is 10.2. The van der Waals surface area contributed by atoms with E-state index in [2.05, 4.69) is 5.32 Å². The summed E-state index contributed by atoms with van der Waals surface area (Å²) >= 11 is 0.